The van der Waals surface area contributed by atoms with E-state index in [2.05, 4.69) is 10.3 Å². The number of thiophene rings is 1. The zero-order valence-electron chi connectivity index (χ0n) is 13.1. The van der Waals surface area contributed by atoms with E-state index in [1.807, 2.05) is 65.5 Å². The Kier molecular flexibility index (Phi) is 4.26. The smallest absolute Gasteiger partial charge is 0.263 e. The minimum atomic E-state index is -0.110. The Morgan fingerprint density at radius 3 is 2.64 bits per heavy atom. The van der Waals surface area contributed by atoms with Crippen molar-refractivity contribution in [3.8, 4) is 5.69 Å². The van der Waals surface area contributed by atoms with Gasteiger partial charge in [-0.3, -0.25) is 4.79 Å². The van der Waals surface area contributed by atoms with Gasteiger partial charge in [-0.15, -0.1) is 11.3 Å². The highest BCUT2D eigenvalue weighted by molar-refractivity contribution is 7.21. The van der Waals surface area contributed by atoms with Gasteiger partial charge < -0.3 is 9.88 Å². The summed E-state index contributed by atoms with van der Waals surface area (Å²) in [6.45, 7) is 0.447. The first-order valence-corrected chi connectivity index (χ1v) is 8.95. The van der Waals surface area contributed by atoms with Gasteiger partial charge in [-0.1, -0.05) is 23.7 Å². The molecule has 0 saturated carbocycles. The quantitative estimate of drug-likeness (QED) is 0.569. The zero-order chi connectivity index (χ0) is 17.2. The lowest BCUT2D eigenvalue weighted by Gasteiger charge is -2.08. The fraction of sp³-hybridized carbons (Fsp3) is 0.0526. The molecule has 0 unspecified atom stereocenters. The number of amides is 1. The van der Waals surface area contributed by atoms with Crippen LogP contribution in [-0.4, -0.2) is 15.5 Å². The second kappa shape index (κ2) is 6.70. The number of carbonyl (C=O) groups excluding carboxylic acids is 1. The molecule has 124 valence electrons. The highest BCUT2D eigenvalue weighted by Crippen LogP contribution is 2.33. The molecule has 0 aliphatic carbocycles. The van der Waals surface area contributed by atoms with Crippen LogP contribution in [-0.2, 0) is 6.54 Å². The summed E-state index contributed by atoms with van der Waals surface area (Å²) in [4.78, 5) is 18.7. The van der Waals surface area contributed by atoms with Crippen LogP contribution in [0, 0.1) is 0 Å². The number of fused-ring (bicyclic) bond motifs is 1. The fourth-order valence-electron chi connectivity index (χ4n) is 2.68. The molecule has 4 aromatic rings. The number of benzene rings is 1. The standard InChI is InChI=1S/C19H14ClN3OS/c20-14-7-5-13(6-8-14)12-22-18(24)17-16(23-10-1-2-11-23)15-4-3-9-21-19(15)25-17/h1-11H,12H2,(H,22,24). The number of nitrogens with one attached hydrogen (secondary N) is 1. The Morgan fingerprint density at radius 1 is 1.12 bits per heavy atom. The average molecular weight is 368 g/mol. The van der Waals surface area contributed by atoms with Gasteiger partial charge in [-0.05, 0) is 42.0 Å². The maximum absolute atomic E-state index is 12.8. The predicted molar refractivity (Wildman–Crippen MR) is 102 cm³/mol. The number of aromatic nitrogens is 2. The summed E-state index contributed by atoms with van der Waals surface area (Å²) in [7, 11) is 0. The van der Waals surface area contributed by atoms with Gasteiger partial charge in [0.15, 0.2) is 0 Å². The first-order chi connectivity index (χ1) is 12.2. The number of hydrogen-bond donors (Lipinski definition) is 1. The molecule has 0 aliphatic heterocycles. The lowest BCUT2D eigenvalue weighted by atomic mass is 10.2. The van der Waals surface area contributed by atoms with E-state index in [1.165, 1.54) is 11.3 Å². The second-order valence-corrected chi connectivity index (χ2v) is 6.97. The molecule has 3 aromatic heterocycles. The molecular weight excluding hydrogens is 354 g/mol. The van der Waals surface area contributed by atoms with Crippen LogP contribution in [0.1, 0.15) is 15.2 Å². The van der Waals surface area contributed by atoms with E-state index in [4.69, 9.17) is 11.6 Å². The van der Waals surface area contributed by atoms with E-state index >= 15 is 0 Å². The summed E-state index contributed by atoms with van der Waals surface area (Å²) in [5, 5.41) is 4.64. The topological polar surface area (TPSA) is 46.9 Å². The summed E-state index contributed by atoms with van der Waals surface area (Å²) in [5.41, 5.74) is 1.87. The molecule has 1 amide bonds. The summed E-state index contributed by atoms with van der Waals surface area (Å²) in [6, 6.07) is 15.2. The van der Waals surface area contributed by atoms with Crippen molar-refractivity contribution in [1.82, 2.24) is 14.9 Å². The van der Waals surface area contributed by atoms with Crippen molar-refractivity contribution in [2.75, 3.05) is 0 Å². The molecule has 1 N–H and O–H groups in total. The monoisotopic (exact) mass is 367 g/mol. The van der Waals surface area contributed by atoms with E-state index in [0.717, 1.165) is 21.5 Å². The molecule has 0 spiro atoms. The van der Waals surface area contributed by atoms with Crippen molar-refractivity contribution in [3.63, 3.8) is 0 Å². The van der Waals surface area contributed by atoms with Crippen molar-refractivity contribution < 1.29 is 4.79 Å². The highest BCUT2D eigenvalue weighted by atomic mass is 35.5. The van der Waals surface area contributed by atoms with Crippen molar-refractivity contribution in [2.45, 2.75) is 6.54 Å². The summed E-state index contributed by atoms with van der Waals surface area (Å²) in [5.74, 6) is -0.110. The average Bonchev–Trinajstić information content (AvgIpc) is 3.28. The molecule has 6 heteroatoms. The molecule has 1 aromatic carbocycles. The summed E-state index contributed by atoms with van der Waals surface area (Å²) >= 11 is 7.30. The van der Waals surface area contributed by atoms with E-state index in [1.54, 1.807) is 6.20 Å². The van der Waals surface area contributed by atoms with Gasteiger partial charge in [0.2, 0.25) is 0 Å². The Labute approximate surface area is 153 Å². The number of nitrogens with zero attached hydrogens (tertiary/aromatic N) is 2. The predicted octanol–water partition coefficient (Wildman–Crippen LogP) is 4.67. The van der Waals surface area contributed by atoms with Crippen molar-refractivity contribution in [3.05, 3.63) is 82.6 Å². The van der Waals surface area contributed by atoms with Crippen LogP contribution in [0.25, 0.3) is 15.9 Å². The van der Waals surface area contributed by atoms with Crippen LogP contribution < -0.4 is 5.32 Å². The number of rotatable bonds is 4. The third-order valence-electron chi connectivity index (χ3n) is 3.88. The third kappa shape index (κ3) is 3.16. The summed E-state index contributed by atoms with van der Waals surface area (Å²) in [6.07, 6.45) is 5.61. The maximum atomic E-state index is 12.8. The Morgan fingerprint density at radius 2 is 1.88 bits per heavy atom. The van der Waals surface area contributed by atoms with Gasteiger partial charge in [-0.2, -0.15) is 0 Å². The van der Waals surface area contributed by atoms with Gasteiger partial charge in [-0.25, -0.2) is 4.98 Å². The van der Waals surface area contributed by atoms with Crippen LogP contribution >= 0.6 is 22.9 Å². The number of carbonyl (C=O) groups is 1. The van der Waals surface area contributed by atoms with Gasteiger partial charge in [0, 0.05) is 35.5 Å². The van der Waals surface area contributed by atoms with E-state index < -0.39 is 0 Å². The molecule has 4 rings (SSSR count). The largest absolute Gasteiger partial charge is 0.347 e. The molecule has 0 aliphatic rings. The Bertz CT molecular complexity index is 1020. The molecule has 0 fully saturated rings. The normalized spacial score (nSPS) is 10.9. The minimum absolute atomic E-state index is 0.110. The van der Waals surface area contributed by atoms with Crippen molar-refractivity contribution >= 4 is 39.1 Å². The lowest BCUT2D eigenvalue weighted by molar-refractivity contribution is 0.0955. The number of halogens is 1. The first-order valence-electron chi connectivity index (χ1n) is 7.76. The van der Waals surface area contributed by atoms with Crippen molar-refractivity contribution in [2.24, 2.45) is 0 Å². The summed E-state index contributed by atoms with van der Waals surface area (Å²) < 4.78 is 1.96. The number of pyridine rings is 1. The molecular formula is C19H14ClN3OS. The molecule has 0 atom stereocenters. The van der Waals surface area contributed by atoms with Crippen LogP contribution in [0.5, 0.6) is 0 Å². The van der Waals surface area contributed by atoms with E-state index in [0.29, 0.717) is 16.4 Å². The van der Waals surface area contributed by atoms with E-state index in [9.17, 15) is 4.79 Å². The molecule has 0 bridgehead atoms. The second-order valence-electron chi connectivity index (χ2n) is 5.54. The molecule has 0 radical (unpaired) electrons. The SMILES string of the molecule is O=C(NCc1ccc(Cl)cc1)c1sc2ncccc2c1-n1cccc1. The van der Waals surface area contributed by atoms with Crippen LogP contribution in [0.3, 0.4) is 0 Å². The molecule has 3 heterocycles. The van der Waals surface area contributed by atoms with Gasteiger partial charge in [0.25, 0.3) is 5.91 Å². The van der Waals surface area contributed by atoms with Crippen LogP contribution in [0.15, 0.2) is 67.1 Å². The third-order valence-corrected chi connectivity index (χ3v) is 5.23. The molecule has 25 heavy (non-hydrogen) atoms. The minimum Gasteiger partial charge on any atom is -0.347 e. The zero-order valence-corrected chi connectivity index (χ0v) is 14.7. The van der Waals surface area contributed by atoms with Crippen LogP contribution in [0.4, 0.5) is 0 Å². The van der Waals surface area contributed by atoms with E-state index in [-0.39, 0.29) is 5.91 Å². The van der Waals surface area contributed by atoms with Gasteiger partial charge >= 0.3 is 0 Å². The van der Waals surface area contributed by atoms with Gasteiger partial charge in [0.05, 0.1) is 5.69 Å². The van der Waals surface area contributed by atoms with Gasteiger partial charge in [0.1, 0.15) is 9.71 Å². The number of hydrogen-bond acceptors (Lipinski definition) is 3. The fourth-order valence-corrected chi connectivity index (χ4v) is 3.86. The molecule has 0 saturated heterocycles. The Balaban J connectivity index is 1.67. The highest BCUT2D eigenvalue weighted by Gasteiger charge is 2.19. The van der Waals surface area contributed by atoms with Crippen LogP contribution in [0.2, 0.25) is 5.02 Å². The molecule has 4 nitrogen and oxygen atoms in total. The van der Waals surface area contributed by atoms with Crippen molar-refractivity contribution in [1.29, 1.82) is 0 Å². The first kappa shape index (κ1) is 15.9. The lowest BCUT2D eigenvalue weighted by Crippen LogP contribution is -2.22. The maximum Gasteiger partial charge on any atom is 0.263 e. The Hall–Kier alpha value is -2.63.